The molecule has 0 radical (unpaired) electrons. The van der Waals surface area contributed by atoms with Crippen LogP contribution in [-0.4, -0.2) is 13.0 Å². The van der Waals surface area contributed by atoms with Crippen LogP contribution in [0.25, 0.3) is 0 Å². The standard InChI is InChI=1S/C12H18N2O.C8H11N/c1-2-3-4-8-15-10-14-12-7-5-6-11(13)9-12;1-2-7-4-3-5-8(9)6-7/h5-7,9-10H,2-4,8,13H2,1H3;3-6H,2,9H2,1H3. The summed E-state index contributed by atoms with van der Waals surface area (Å²) in [5.74, 6) is 0. The number of hydrogen-bond acceptors (Lipinski definition) is 4. The van der Waals surface area contributed by atoms with Gasteiger partial charge >= 0.3 is 0 Å². The van der Waals surface area contributed by atoms with Gasteiger partial charge in [-0.3, -0.25) is 0 Å². The van der Waals surface area contributed by atoms with Crippen molar-refractivity contribution in [1.29, 1.82) is 0 Å². The summed E-state index contributed by atoms with van der Waals surface area (Å²) >= 11 is 0. The molecular weight excluding hydrogens is 298 g/mol. The Balaban J connectivity index is 0.000000272. The molecular formula is C20H29N3O. The van der Waals surface area contributed by atoms with Crippen LogP contribution in [0.2, 0.25) is 0 Å². The number of aryl methyl sites for hydroxylation is 1. The van der Waals surface area contributed by atoms with Crippen LogP contribution in [0.3, 0.4) is 0 Å². The SMILES string of the molecule is CCCCCOC=Nc1cccc(N)c1.CCc1cccc(N)c1. The molecule has 0 saturated carbocycles. The molecule has 130 valence electrons. The lowest BCUT2D eigenvalue weighted by Gasteiger charge is -1.98. The summed E-state index contributed by atoms with van der Waals surface area (Å²) in [5.41, 5.74) is 14.8. The van der Waals surface area contributed by atoms with Crippen LogP contribution >= 0.6 is 0 Å². The molecule has 2 aromatic rings. The quantitative estimate of drug-likeness (QED) is 0.326. The van der Waals surface area contributed by atoms with Gasteiger partial charge in [0.25, 0.3) is 0 Å². The maximum absolute atomic E-state index is 5.61. The lowest BCUT2D eigenvalue weighted by Crippen LogP contribution is -1.91. The van der Waals surface area contributed by atoms with Crippen LogP contribution in [0.5, 0.6) is 0 Å². The number of rotatable bonds is 7. The molecule has 0 atom stereocenters. The van der Waals surface area contributed by atoms with Crippen LogP contribution in [0.1, 0.15) is 38.7 Å². The van der Waals surface area contributed by atoms with Crippen LogP contribution in [-0.2, 0) is 11.2 Å². The zero-order valence-corrected chi connectivity index (χ0v) is 14.7. The Morgan fingerprint density at radius 3 is 2.25 bits per heavy atom. The fraction of sp³-hybridized carbons (Fsp3) is 0.350. The number of ether oxygens (including phenoxy) is 1. The number of benzene rings is 2. The van der Waals surface area contributed by atoms with Crippen molar-refractivity contribution in [1.82, 2.24) is 0 Å². The van der Waals surface area contributed by atoms with Gasteiger partial charge in [0, 0.05) is 11.4 Å². The third kappa shape index (κ3) is 8.83. The number of hydrogen-bond donors (Lipinski definition) is 2. The van der Waals surface area contributed by atoms with E-state index in [4.69, 9.17) is 16.2 Å². The number of nitrogens with two attached hydrogens (primary N) is 2. The Bertz CT molecular complexity index is 611. The van der Waals surface area contributed by atoms with Crippen molar-refractivity contribution in [2.75, 3.05) is 18.1 Å². The molecule has 4 N–H and O–H groups in total. The first kappa shape index (κ1) is 19.6. The van der Waals surface area contributed by atoms with Crippen molar-refractivity contribution in [3.05, 3.63) is 54.1 Å². The summed E-state index contributed by atoms with van der Waals surface area (Å²) in [6.07, 6.45) is 6.04. The van der Waals surface area contributed by atoms with Crippen molar-refractivity contribution >= 4 is 23.5 Å². The molecule has 0 aliphatic rings. The molecule has 0 fully saturated rings. The van der Waals surface area contributed by atoms with Gasteiger partial charge in [0.15, 0.2) is 6.40 Å². The third-order valence-electron chi connectivity index (χ3n) is 3.37. The highest BCUT2D eigenvalue weighted by Gasteiger charge is 1.89. The van der Waals surface area contributed by atoms with E-state index in [1.54, 1.807) is 0 Å². The Labute approximate surface area is 145 Å². The molecule has 0 aliphatic heterocycles. The van der Waals surface area contributed by atoms with Gasteiger partial charge in [-0.05, 0) is 48.7 Å². The molecule has 0 unspecified atom stereocenters. The third-order valence-corrected chi connectivity index (χ3v) is 3.37. The highest BCUT2D eigenvalue weighted by Crippen LogP contribution is 2.14. The monoisotopic (exact) mass is 327 g/mol. The first-order valence-corrected chi connectivity index (χ1v) is 8.49. The highest BCUT2D eigenvalue weighted by molar-refractivity contribution is 5.59. The maximum Gasteiger partial charge on any atom is 0.174 e. The van der Waals surface area contributed by atoms with Crippen molar-refractivity contribution in [3.63, 3.8) is 0 Å². The van der Waals surface area contributed by atoms with Gasteiger partial charge in [-0.25, -0.2) is 4.99 Å². The van der Waals surface area contributed by atoms with Gasteiger partial charge in [0.2, 0.25) is 0 Å². The molecule has 0 spiro atoms. The minimum Gasteiger partial charge on any atom is -0.483 e. The van der Waals surface area contributed by atoms with Crippen LogP contribution < -0.4 is 11.5 Å². The molecule has 0 heterocycles. The van der Waals surface area contributed by atoms with E-state index in [0.29, 0.717) is 0 Å². The van der Waals surface area contributed by atoms with Gasteiger partial charge < -0.3 is 16.2 Å². The van der Waals surface area contributed by atoms with Gasteiger partial charge in [-0.2, -0.15) is 0 Å². The van der Waals surface area contributed by atoms with E-state index in [1.807, 2.05) is 42.5 Å². The van der Waals surface area contributed by atoms with E-state index in [9.17, 15) is 0 Å². The second kappa shape index (κ2) is 12.0. The summed E-state index contributed by atoms with van der Waals surface area (Å²) in [4.78, 5) is 4.14. The lowest BCUT2D eigenvalue weighted by atomic mass is 10.1. The predicted octanol–water partition coefficient (Wildman–Crippen LogP) is 4.97. The van der Waals surface area contributed by atoms with Gasteiger partial charge in [0.05, 0.1) is 12.3 Å². The Hall–Kier alpha value is -2.49. The first-order valence-electron chi connectivity index (χ1n) is 8.49. The fourth-order valence-electron chi connectivity index (χ4n) is 2.00. The normalized spacial score (nSPS) is 10.2. The first-order chi connectivity index (χ1) is 11.7. The van der Waals surface area contributed by atoms with E-state index in [2.05, 4.69) is 24.9 Å². The number of nitrogen functional groups attached to an aromatic ring is 2. The molecule has 4 heteroatoms. The maximum atomic E-state index is 5.61. The van der Waals surface area contributed by atoms with E-state index in [-0.39, 0.29) is 0 Å². The second-order valence-electron chi connectivity index (χ2n) is 5.51. The number of anilines is 2. The zero-order valence-electron chi connectivity index (χ0n) is 14.7. The Morgan fingerprint density at radius 1 is 0.958 bits per heavy atom. The predicted molar refractivity (Wildman–Crippen MR) is 105 cm³/mol. The Kier molecular flexibility index (Phi) is 9.78. The van der Waals surface area contributed by atoms with E-state index in [1.165, 1.54) is 24.8 Å². The molecule has 2 rings (SSSR count). The molecule has 0 saturated heterocycles. The summed E-state index contributed by atoms with van der Waals surface area (Å²) in [6.45, 7) is 5.02. The largest absolute Gasteiger partial charge is 0.483 e. The zero-order chi connectivity index (χ0) is 17.6. The lowest BCUT2D eigenvalue weighted by molar-refractivity contribution is 0.308. The number of nitrogens with zero attached hydrogens (tertiary/aromatic N) is 1. The molecule has 0 aromatic heterocycles. The minimum absolute atomic E-state index is 0.718. The highest BCUT2D eigenvalue weighted by atomic mass is 16.5. The number of unbranched alkanes of at least 4 members (excludes halogenated alkanes) is 2. The van der Waals surface area contributed by atoms with Crippen molar-refractivity contribution in [3.8, 4) is 0 Å². The van der Waals surface area contributed by atoms with Crippen LogP contribution in [0, 0.1) is 0 Å². The molecule has 0 amide bonds. The summed E-state index contributed by atoms with van der Waals surface area (Å²) < 4.78 is 5.25. The second-order valence-corrected chi connectivity index (χ2v) is 5.51. The average molecular weight is 327 g/mol. The van der Waals surface area contributed by atoms with Gasteiger partial charge in [-0.1, -0.05) is 44.9 Å². The van der Waals surface area contributed by atoms with Crippen LogP contribution in [0.15, 0.2) is 53.5 Å². The van der Waals surface area contributed by atoms with Crippen molar-refractivity contribution in [2.24, 2.45) is 4.99 Å². The molecule has 0 bridgehead atoms. The summed E-state index contributed by atoms with van der Waals surface area (Å²) in [5, 5.41) is 0. The van der Waals surface area contributed by atoms with Crippen molar-refractivity contribution < 1.29 is 4.74 Å². The Morgan fingerprint density at radius 2 is 1.67 bits per heavy atom. The topological polar surface area (TPSA) is 73.6 Å². The molecule has 2 aromatic carbocycles. The van der Waals surface area contributed by atoms with E-state index in [0.717, 1.165) is 36.5 Å². The van der Waals surface area contributed by atoms with Gasteiger partial charge in [0.1, 0.15) is 0 Å². The summed E-state index contributed by atoms with van der Waals surface area (Å²) in [7, 11) is 0. The average Bonchev–Trinajstić information content (AvgIpc) is 2.58. The molecule has 0 aliphatic carbocycles. The molecule has 4 nitrogen and oxygen atoms in total. The number of aliphatic imine (C=N–C) groups is 1. The van der Waals surface area contributed by atoms with E-state index < -0.39 is 0 Å². The van der Waals surface area contributed by atoms with E-state index >= 15 is 0 Å². The fourth-order valence-corrected chi connectivity index (χ4v) is 2.00. The van der Waals surface area contributed by atoms with Crippen molar-refractivity contribution in [2.45, 2.75) is 39.5 Å². The smallest absolute Gasteiger partial charge is 0.174 e. The minimum atomic E-state index is 0.718. The molecule has 24 heavy (non-hydrogen) atoms. The van der Waals surface area contributed by atoms with Gasteiger partial charge in [-0.15, -0.1) is 0 Å². The summed E-state index contributed by atoms with van der Waals surface area (Å²) in [6, 6.07) is 15.4. The van der Waals surface area contributed by atoms with Crippen LogP contribution in [0.4, 0.5) is 17.1 Å².